The van der Waals surface area contributed by atoms with Crippen LogP contribution >= 0.6 is 0 Å². The molecule has 0 atom stereocenters. The van der Waals surface area contributed by atoms with Gasteiger partial charge in [-0.3, -0.25) is 19.4 Å². The van der Waals surface area contributed by atoms with Crippen molar-refractivity contribution < 1.29 is 14.4 Å². The van der Waals surface area contributed by atoms with Crippen LogP contribution in [-0.4, -0.2) is 22.7 Å². The van der Waals surface area contributed by atoms with E-state index in [1.807, 2.05) is 13.8 Å². The number of fused-ring (bicyclic) bond motifs is 1. The van der Waals surface area contributed by atoms with E-state index < -0.39 is 11.8 Å². The van der Waals surface area contributed by atoms with Crippen LogP contribution in [0.5, 0.6) is 0 Å². The fourth-order valence-corrected chi connectivity index (χ4v) is 2.61. The van der Waals surface area contributed by atoms with Gasteiger partial charge in [0, 0.05) is 18.3 Å². The number of imide groups is 1. The Balaban J connectivity index is 1.86. The lowest BCUT2D eigenvalue weighted by molar-refractivity contribution is -0.116. The molecule has 24 heavy (non-hydrogen) atoms. The van der Waals surface area contributed by atoms with Crippen molar-refractivity contribution in [1.82, 2.24) is 4.98 Å². The summed E-state index contributed by atoms with van der Waals surface area (Å²) in [6, 6.07) is 9.88. The number of amides is 3. The molecule has 0 fully saturated rings. The van der Waals surface area contributed by atoms with E-state index in [0.29, 0.717) is 17.8 Å². The van der Waals surface area contributed by atoms with E-state index in [1.165, 1.54) is 6.20 Å². The second-order valence-corrected chi connectivity index (χ2v) is 6.04. The summed E-state index contributed by atoms with van der Waals surface area (Å²) >= 11 is 0. The minimum absolute atomic E-state index is 0.105. The highest BCUT2D eigenvalue weighted by atomic mass is 16.2. The van der Waals surface area contributed by atoms with Crippen molar-refractivity contribution in [3.8, 4) is 0 Å². The SMILES string of the molecule is CC(C)CC(=O)Nc1cccc(N2C(=O)c3cccnc3C2=O)c1. The van der Waals surface area contributed by atoms with Crippen LogP contribution in [0.25, 0.3) is 0 Å². The highest BCUT2D eigenvalue weighted by molar-refractivity contribution is 6.33. The van der Waals surface area contributed by atoms with Crippen molar-refractivity contribution >= 4 is 29.1 Å². The first-order chi connectivity index (χ1) is 11.5. The molecule has 1 aliphatic heterocycles. The third-order valence-corrected chi connectivity index (χ3v) is 3.63. The number of anilines is 2. The van der Waals surface area contributed by atoms with Gasteiger partial charge in [-0.1, -0.05) is 19.9 Å². The Labute approximate surface area is 139 Å². The molecular weight excluding hydrogens is 306 g/mol. The van der Waals surface area contributed by atoms with Gasteiger partial charge in [0.2, 0.25) is 5.91 Å². The maximum Gasteiger partial charge on any atom is 0.284 e. The van der Waals surface area contributed by atoms with Gasteiger partial charge >= 0.3 is 0 Å². The minimum Gasteiger partial charge on any atom is -0.326 e. The lowest BCUT2D eigenvalue weighted by Gasteiger charge is -2.15. The number of carbonyl (C=O) groups excluding carboxylic acids is 3. The Bertz CT molecular complexity index is 795. The van der Waals surface area contributed by atoms with Crippen molar-refractivity contribution in [2.24, 2.45) is 5.92 Å². The summed E-state index contributed by atoms with van der Waals surface area (Å²) in [5.74, 6) is -0.725. The van der Waals surface area contributed by atoms with E-state index in [1.54, 1.807) is 36.4 Å². The zero-order valence-corrected chi connectivity index (χ0v) is 13.4. The molecule has 0 bridgehead atoms. The summed E-state index contributed by atoms with van der Waals surface area (Å²) in [5.41, 5.74) is 1.39. The molecule has 0 saturated heterocycles. The molecule has 0 unspecified atom stereocenters. The van der Waals surface area contributed by atoms with Gasteiger partial charge in [0.25, 0.3) is 11.8 Å². The van der Waals surface area contributed by atoms with Gasteiger partial charge in [-0.2, -0.15) is 0 Å². The van der Waals surface area contributed by atoms with Crippen LogP contribution < -0.4 is 10.2 Å². The molecule has 122 valence electrons. The lowest BCUT2D eigenvalue weighted by Crippen LogP contribution is -2.29. The number of nitrogens with one attached hydrogen (secondary N) is 1. The van der Waals surface area contributed by atoms with Gasteiger partial charge in [0.1, 0.15) is 5.69 Å². The first kappa shape index (κ1) is 15.9. The first-order valence-corrected chi connectivity index (χ1v) is 7.71. The topological polar surface area (TPSA) is 79.4 Å². The van der Waals surface area contributed by atoms with Gasteiger partial charge in [0.05, 0.1) is 11.3 Å². The number of hydrogen-bond donors (Lipinski definition) is 1. The Morgan fingerprint density at radius 1 is 1.17 bits per heavy atom. The highest BCUT2D eigenvalue weighted by Gasteiger charge is 2.37. The molecule has 0 spiro atoms. The first-order valence-electron chi connectivity index (χ1n) is 7.71. The maximum atomic E-state index is 12.5. The molecule has 3 rings (SSSR count). The van der Waals surface area contributed by atoms with Crippen molar-refractivity contribution in [2.75, 3.05) is 10.2 Å². The molecular formula is C18H17N3O3. The van der Waals surface area contributed by atoms with E-state index in [-0.39, 0.29) is 23.1 Å². The average Bonchev–Trinajstić information content (AvgIpc) is 2.79. The van der Waals surface area contributed by atoms with Gasteiger partial charge in [-0.25, -0.2) is 4.90 Å². The molecule has 1 aromatic carbocycles. The molecule has 2 aromatic rings. The fraction of sp³-hybridized carbons (Fsp3) is 0.222. The summed E-state index contributed by atoms with van der Waals surface area (Å²) in [5, 5.41) is 2.78. The van der Waals surface area contributed by atoms with Crippen LogP contribution in [0.4, 0.5) is 11.4 Å². The largest absolute Gasteiger partial charge is 0.326 e. The predicted octanol–water partition coefficient (Wildman–Crippen LogP) is 2.87. The summed E-state index contributed by atoms with van der Waals surface area (Å²) in [6.45, 7) is 3.92. The number of carbonyl (C=O) groups is 3. The zero-order chi connectivity index (χ0) is 17.3. The summed E-state index contributed by atoms with van der Waals surface area (Å²) < 4.78 is 0. The second-order valence-electron chi connectivity index (χ2n) is 6.04. The summed E-state index contributed by atoms with van der Waals surface area (Å²) in [6.07, 6.45) is 1.89. The molecule has 0 aliphatic carbocycles. The second kappa shape index (κ2) is 6.23. The molecule has 6 heteroatoms. The Morgan fingerprint density at radius 2 is 1.96 bits per heavy atom. The zero-order valence-electron chi connectivity index (χ0n) is 13.4. The summed E-state index contributed by atoms with van der Waals surface area (Å²) in [7, 11) is 0. The van der Waals surface area contributed by atoms with E-state index >= 15 is 0 Å². The van der Waals surface area contributed by atoms with Crippen molar-refractivity contribution in [2.45, 2.75) is 20.3 Å². The quantitative estimate of drug-likeness (QED) is 0.878. The van der Waals surface area contributed by atoms with Gasteiger partial charge in [-0.15, -0.1) is 0 Å². The highest BCUT2D eigenvalue weighted by Crippen LogP contribution is 2.28. The van der Waals surface area contributed by atoms with Crippen molar-refractivity contribution in [1.29, 1.82) is 0 Å². The molecule has 0 radical (unpaired) electrons. The third-order valence-electron chi connectivity index (χ3n) is 3.63. The lowest BCUT2D eigenvalue weighted by atomic mass is 10.1. The van der Waals surface area contributed by atoms with E-state index in [2.05, 4.69) is 10.3 Å². The number of rotatable bonds is 4. The molecule has 1 aliphatic rings. The number of benzene rings is 1. The van der Waals surface area contributed by atoms with E-state index in [9.17, 15) is 14.4 Å². The number of hydrogen-bond acceptors (Lipinski definition) is 4. The van der Waals surface area contributed by atoms with Gasteiger partial charge < -0.3 is 5.32 Å². The Kier molecular flexibility index (Phi) is 4.12. The van der Waals surface area contributed by atoms with Gasteiger partial charge in [-0.05, 0) is 36.2 Å². The fourth-order valence-electron chi connectivity index (χ4n) is 2.61. The number of aromatic nitrogens is 1. The van der Waals surface area contributed by atoms with Crippen molar-refractivity contribution in [3.05, 3.63) is 53.9 Å². The summed E-state index contributed by atoms with van der Waals surface area (Å²) in [4.78, 5) is 41.9. The number of pyridine rings is 1. The molecule has 0 saturated carbocycles. The Hall–Kier alpha value is -3.02. The van der Waals surface area contributed by atoms with Crippen LogP contribution in [0.1, 0.15) is 41.1 Å². The van der Waals surface area contributed by atoms with Crippen molar-refractivity contribution in [3.63, 3.8) is 0 Å². The molecule has 2 heterocycles. The van der Waals surface area contributed by atoms with Crippen LogP contribution in [0.15, 0.2) is 42.6 Å². The molecule has 1 aromatic heterocycles. The minimum atomic E-state index is -0.457. The average molecular weight is 323 g/mol. The molecule has 3 amide bonds. The van der Waals surface area contributed by atoms with Crippen LogP contribution in [0, 0.1) is 5.92 Å². The monoisotopic (exact) mass is 323 g/mol. The van der Waals surface area contributed by atoms with E-state index in [4.69, 9.17) is 0 Å². The standard InChI is InChI=1S/C18H17N3O3/c1-11(2)9-15(22)20-12-5-3-6-13(10-12)21-17(23)14-7-4-8-19-16(14)18(21)24/h3-8,10-11H,9H2,1-2H3,(H,20,22). The van der Waals surface area contributed by atoms with Crippen LogP contribution in [-0.2, 0) is 4.79 Å². The third kappa shape index (κ3) is 2.90. The molecule has 6 nitrogen and oxygen atoms in total. The normalized spacial score (nSPS) is 13.4. The molecule has 1 N–H and O–H groups in total. The Morgan fingerprint density at radius 3 is 2.67 bits per heavy atom. The van der Waals surface area contributed by atoms with E-state index in [0.717, 1.165) is 4.90 Å². The van der Waals surface area contributed by atoms with Crippen LogP contribution in [0.2, 0.25) is 0 Å². The maximum absolute atomic E-state index is 12.5. The van der Waals surface area contributed by atoms with Crippen LogP contribution in [0.3, 0.4) is 0 Å². The number of nitrogens with zero attached hydrogens (tertiary/aromatic N) is 2. The van der Waals surface area contributed by atoms with Gasteiger partial charge in [0.15, 0.2) is 0 Å². The predicted molar refractivity (Wildman–Crippen MR) is 89.9 cm³/mol. The smallest absolute Gasteiger partial charge is 0.284 e.